The summed E-state index contributed by atoms with van der Waals surface area (Å²) in [7, 11) is -3.41. The molecular formula is C10H12N2O2S. The summed E-state index contributed by atoms with van der Waals surface area (Å²) in [5.41, 5.74) is 8.46. The van der Waals surface area contributed by atoms with E-state index in [1.165, 1.54) is 0 Å². The predicted molar refractivity (Wildman–Crippen MR) is 60.5 cm³/mol. The van der Waals surface area contributed by atoms with Crippen LogP contribution < -0.4 is 10.5 Å². The van der Waals surface area contributed by atoms with Gasteiger partial charge in [-0.05, 0) is 18.1 Å². The number of benzene rings is 1. The molecule has 0 saturated heterocycles. The molecule has 1 aromatic carbocycles. The molecule has 0 fully saturated rings. The van der Waals surface area contributed by atoms with E-state index in [1.807, 2.05) is 19.1 Å². The van der Waals surface area contributed by atoms with Gasteiger partial charge < -0.3 is 5.73 Å². The summed E-state index contributed by atoms with van der Waals surface area (Å²) in [6.07, 6.45) is 0.819. The zero-order valence-electron chi connectivity index (χ0n) is 8.32. The number of rotatable bonds is 1. The van der Waals surface area contributed by atoms with Gasteiger partial charge in [-0.25, -0.2) is 8.42 Å². The highest BCUT2D eigenvalue weighted by atomic mass is 32.2. The molecule has 2 rings (SSSR count). The largest absolute Gasteiger partial charge is 0.398 e. The van der Waals surface area contributed by atoms with Crippen molar-refractivity contribution in [2.24, 2.45) is 5.73 Å². The maximum absolute atomic E-state index is 11.4. The molecule has 0 amide bonds. The van der Waals surface area contributed by atoms with Gasteiger partial charge in [0.2, 0.25) is 0 Å². The van der Waals surface area contributed by atoms with Crippen LogP contribution >= 0.6 is 0 Å². The molecule has 4 nitrogen and oxygen atoms in total. The molecule has 0 aromatic heterocycles. The molecule has 1 aliphatic rings. The van der Waals surface area contributed by atoms with E-state index in [1.54, 1.807) is 6.07 Å². The number of fused-ring (bicyclic) bond motifs is 1. The monoisotopic (exact) mass is 224 g/mol. The van der Waals surface area contributed by atoms with Crippen LogP contribution in [0, 0.1) is 0 Å². The molecule has 1 aliphatic heterocycles. The van der Waals surface area contributed by atoms with Crippen molar-refractivity contribution < 1.29 is 8.42 Å². The van der Waals surface area contributed by atoms with Crippen molar-refractivity contribution in [2.45, 2.75) is 13.3 Å². The lowest BCUT2D eigenvalue weighted by molar-refractivity contribution is 0.609. The molecular weight excluding hydrogens is 212 g/mol. The van der Waals surface area contributed by atoms with Gasteiger partial charge in [0.25, 0.3) is 10.0 Å². The molecule has 0 aliphatic carbocycles. The third kappa shape index (κ3) is 1.70. The van der Waals surface area contributed by atoms with Crippen LogP contribution in [-0.2, 0) is 16.4 Å². The third-order valence-corrected chi connectivity index (χ3v) is 3.42. The van der Waals surface area contributed by atoms with Gasteiger partial charge >= 0.3 is 0 Å². The molecule has 15 heavy (non-hydrogen) atoms. The van der Waals surface area contributed by atoms with Crippen molar-refractivity contribution in [3.8, 4) is 0 Å². The highest BCUT2D eigenvalue weighted by molar-refractivity contribution is 7.95. The number of nitrogens with one attached hydrogen (secondary N) is 1. The molecule has 1 heterocycles. The lowest BCUT2D eigenvalue weighted by Crippen LogP contribution is -2.19. The van der Waals surface area contributed by atoms with Crippen molar-refractivity contribution in [3.05, 3.63) is 34.7 Å². The number of hydrogen-bond donors (Lipinski definition) is 2. The number of anilines is 1. The summed E-state index contributed by atoms with van der Waals surface area (Å²) in [6, 6.07) is 5.48. The SMILES string of the molecule is CCc1cccc2c1C(N)=CS(=O)(=O)N2. The molecule has 1 aromatic rings. The van der Waals surface area contributed by atoms with Crippen LogP contribution in [0.4, 0.5) is 5.69 Å². The second-order valence-corrected chi connectivity index (χ2v) is 4.94. The Morgan fingerprint density at radius 3 is 2.80 bits per heavy atom. The predicted octanol–water partition coefficient (Wildman–Crippen LogP) is 1.26. The molecule has 0 spiro atoms. The maximum atomic E-state index is 11.4. The summed E-state index contributed by atoms with van der Waals surface area (Å²) < 4.78 is 25.2. The average Bonchev–Trinajstić information content (AvgIpc) is 2.14. The van der Waals surface area contributed by atoms with Crippen molar-refractivity contribution in [1.82, 2.24) is 0 Å². The first kappa shape index (κ1) is 10.0. The van der Waals surface area contributed by atoms with Gasteiger partial charge in [-0.2, -0.15) is 0 Å². The fraction of sp³-hybridized carbons (Fsp3) is 0.200. The smallest absolute Gasteiger partial charge is 0.257 e. The van der Waals surface area contributed by atoms with E-state index in [0.29, 0.717) is 11.4 Å². The molecule has 0 radical (unpaired) electrons. The van der Waals surface area contributed by atoms with E-state index >= 15 is 0 Å². The summed E-state index contributed by atoms with van der Waals surface area (Å²) in [6.45, 7) is 2.01. The first-order valence-electron chi connectivity index (χ1n) is 4.66. The Morgan fingerprint density at radius 2 is 2.13 bits per heavy atom. The summed E-state index contributed by atoms with van der Waals surface area (Å²) in [5.74, 6) is 0. The molecule has 80 valence electrons. The Hall–Kier alpha value is -1.49. The highest BCUT2D eigenvalue weighted by Gasteiger charge is 2.20. The van der Waals surface area contributed by atoms with Gasteiger partial charge in [0.05, 0.1) is 16.8 Å². The van der Waals surface area contributed by atoms with Gasteiger partial charge in [0, 0.05) is 5.56 Å². The zero-order chi connectivity index (χ0) is 11.1. The van der Waals surface area contributed by atoms with Gasteiger partial charge in [-0.15, -0.1) is 0 Å². The van der Waals surface area contributed by atoms with E-state index in [0.717, 1.165) is 23.0 Å². The molecule has 0 unspecified atom stereocenters. The van der Waals surface area contributed by atoms with Crippen molar-refractivity contribution in [3.63, 3.8) is 0 Å². The lowest BCUT2D eigenvalue weighted by atomic mass is 10.0. The van der Waals surface area contributed by atoms with Gasteiger partial charge in [0.1, 0.15) is 0 Å². The fourth-order valence-corrected chi connectivity index (χ4v) is 2.72. The Labute approximate surface area is 88.8 Å². The Bertz CT molecular complexity index is 532. The molecule has 0 saturated carbocycles. The summed E-state index contributed by atoms with van der Waals surface area (Å²) in [5, 5.41) is 1.06. The zero-order valence-corrected chi connectivity index (χ0v) is 9.14. The van der Waals surface area contributed by atoms with Crippen LogP contribution in [0.15, 0.2) is 23.6 Å². The van der Waals surface area contributed by atoms with Gasteiger partial charge in [-0.3, -0.25) is 4.72 Å². The van der Waals surface area contributed by atoms with Crippen molar-refractivity contribution >= 4 is 21.4 Å². The van der Waals surface area contributed by atoms with Crippen LogP contribution in [0.3, 0.4) is 0 Å². The molecule has 0 atom stereocenters. The second kappa shape index (κ2) is 3.27. The fourth-order valence-electron chi connectivity index (χ4n) is 1.73. The molecule has 0 bridgehead atoms. The summed E-state index contributed by atoms with van der Waals surface area (Å²) in [4.78, 5) is 0. The summed E-state index contributed by atoms with van der Waals surface area (Å²) >= 11 is 0. The third-order valence-electron chi connectivity index (χ3n) is 2.35. The van der Waals surface area contributed by atoms with Gasteiger partial charge in [0.15, 0.2) is 0 Å². The van der Waals surface area contributed by atoms with E-state index < -0.39 is 10.0 Å². The Kier molecular flexibility index (Phi) is 2.19. The first-order chi connectivity index (χ1) is 7.03. The molecule has 5 heteroatoms. The van der Waals surface area contributed by atoms with E-state index in [2.05, 4.69) is 4.72 Å². The number of nitrogens with two attached hydrogens (primary N) is 1. The van der Waals surface area contributed by atoms with E-state index in [-0.39, 0.29) is 0 Å². The van der Waals surface area contributed by atoms with Crippen LogP contribution in [0.1, 0.15) is 18.1 Å². The lowest BCUT2D eigenvalue weighted by Gasteiger charge is -2.19. The van der Waals surface area contributed by atoms with E-state index in [9.17, 15) is 8.42 Å². The van der Waals surface area contributed by atoms with Crippen LogP contribution in [0.25, 0.3) is 5.70 Å². The van der Waals surface area contributed by atoms with Crippen molar-refractivity contribution in [1.29, 1.82) is 0 Å². The number of sulfonamides is 1. The quantitative estimate of drug-likeness (QED) is 0.754. The van der Waals surface area contributed by atoms with Crippen LogP contribution in [0.2, 0.25) is 0 Å². The van der Waals surface area contributed by atoms with Crippen LogP contribution in [-0.4, -0.2) is 8.42 Å². The van der Waals surface area contributed by atoms with Crippen LogP contribution in [0.5, 0.6) is 0 Å². The number of hydrogen-bond acceptors (Lipinski definition) is 3. The minimum atomic E-state index is -3.41. The Balaban J connectivity index is 2.70. The average molecular weight is 224 g/mol. The minimum absolute atomic E-state index is 0.307. The van der Waals surface area contributed by atoms with Gasteiger partial charge in [-0.1, -0.05) is 19.1 Å². The van der Waals surface area contributed by atoms with Crippen molar-refractivity contribution in [2.75, 3.05) is 4.72 Å². The highest BCUT2D eigenvalue weighted by Crippen LogP contribution is 2.30. The standard InChI is InChI=1S/C10H12N2O2S/c1-2-7-4-3-5-9-10(7)8(11)6-15(13,14)12-9/h3-6,12H,2,11H2,1H3. The number of aryl methyl sites for hydroxylation is 1. The van der Waals surface area contributed by atoms with E-state index in [4.69, 9.17) is 5.73 Å². The normalized spacial score (nSPS) is 17.5. The molecule has 3 N–H and O–H groups in total. The second-order valence-electron chi connectivity index (χ2n) is 3.41. The topological polar surface area (TPSA) is 72.2 Å². The maximum Gasteiger partial charge on any atom is 0.257 e. The minimum Gasteiger partial charge on any atom is -0.398 e. The first-order valence-corrected chi connectivity index (χ1v) is 6.20. The Morgan fingerprint density at radius 1 is 1.40 bits per heavy atom.